The summed E-state index contributed by atoms with van der Waals surface area (Å²) >= 11 is 0. The van der Waals surface area contributed by atoms with Gasteiger partial charge in [-0.3, -0.25) is 9.38 Å². The Bertz CT molecular complexity index is 672. The van der Waals surface area contributed by atoms with E-state index in [1.165, 1.54) is 0 Å². The van der Waals surface area contributed by atoms with Gasteiger partial charge < -0.3 is 5.73 Å². The third kappa shape index (κ3) is 1.87. The summed E-state index contributed by atoms with van der Waals surface area (Å²) in [6, 6.07) is 10.2. The lowest BCUT2D eigenvalue weighted by Crippen LogP contribution is -2.04. The molecule has 4 heteroatoms. The van der Waals surface area contributed by atoms with E-state index in [0.29, 0.717) is 6.54 Å². The molecule has 3 aromatic rings. The zero-order chi connectivity index (χ0) is 12.4. The Hall–Kier alpha value is -2.20. The first-order valence-corrected chi connectivity index (χ1v) is 5.96. The van der Waals surface area contributed by atoms with Gasteiger partial charge in [-0.05, 0) is 30.8 Å². The molecule has 0 aliphatic carbocycles. The second-order valence-corrected chi connectivity index (χ2v) is 4.14. The number of imidazole rings is 1. The minimum atomic E-state index is 0.617. The third-order valence-corrected chi connectivity index (χ3v) is 2.94. The second-order valence-electron chi connectivity index (χ2n) is 4.14. The minimum Gasteiger partial charge on any atom is -0.330 e. The molecule has 0 aromatic carbocycles. The molecule has 0 saturated carbocycles. The van der Waals surface area contributed by atoms with E-state index in [-0.39, 0.29) is 0 Å². The quantitative estimate of drug-likeness (QED) is 0.758. The van der Waals surface area contributed by atoms with Crippen LogP contribution < -0.4 is 5.73 Å². The highest BCUT2D eigenvalue weighted by Crippen LogP contribution is 2.20. The van der Waals surface area contributed by atoms with Crippen LogP contribution in [0, 0.1) is 0 Å². The number of fused-ring (bicyclic) bond motifs is 1. The molecule has 3 aromatic heterocycles. The Labute approximate surface area is 105 Å². The van der Waals surface area contributed by atoms with E-state index in [0.717, 1.165) is 29.0 Å². The molecular formula is C14H14N4. The van der Waals surface area contributed by atoms with Gasteiger partial charge in [0.1, 0.15) is 5.65 Å². The van der Waals surface area contributed by atoms with Crippen LogP contribution in [-0.2, 0) is 6.42 Å². The smallest absolute Gasteiger partial charge is 0.137 e. The summed E-state index contributed by atoms with van der Waals surface area (Å²) in [5, 5.41) is 0. The standard InChI is InChI=1S/C14H14N4/c15-6-4-12-10-11(5-7-16-12)13-2-1-3-14-17-8-9-18(13)14/h1-3,5,7-10H,4,6,15H2. The van der Waals surface area contributed by atoms with E-state index >= 15 is 0 Å². The summed E-state index contributed by atoms with van der Waals surface area (Å²) in [5.74, 6) is 0. The summed E-state index contributed by atoms with van der Waals surface area (Å²) in [5.41, 5.74) is 9.79. The number of aromatic nitrogens is 3. The second kappa shape index (κ2) is 4.58. The average molecular weight is 238 g/mol. The van der Waals surface area contributed by atoms with Crippen molar-refractivity contribution >= 4 is 5.65 Å². The fourth-order valence-electron chi connectivity index (χ4n) is 2.11. The highest BCUT2D eigenvalue weighted by molar-refractivity contribution is 5.63. The van der Waals surface area contributed by atoms with Gasteiger partial charge in [-0.2, -0.15) is 0 Å². The van der Waals surface area contributed by atoms with E-state index in [4.69, 9.17) is 5.73 Å². The molecular weight excluding hydrogens is 224 g/mol. The Morgan fingerprint density at radius 3 is 2.94 bits per heavy atom. The van der Waals surface area contributed by atoms with Crippen molar-refractivity contribution in [1.82, 2.24) is 14.4 Å². The molecule has 0 saturated heterocycles. The lowest BCUT2D eigenvalue weighted by molar-refractivity contribution is 0.923. The first kappa shape index (κ1) is 10.9. The Morgan fingerprint density at radius 2 is 2.06 bits per heavy atom. The molecule has 3 rings (SSSR count). The molecule has 0 radical (unpaired) electrons. The molecule has 3 heterocycles. The van der Waals surface area contributed by atoms with Gasteiger partial charge in [0.15, 0.2) is 0 Å². The molecule has 0 amide bonds. The Morgan fingerprint density at radius 1 is 1.11 bits per heavy atom. The molecule has 0 aliphatic heterocycles. The summed E-state index contributed by atoms with van der Waals surface area (Å²) in [6.07, 6.45) is 6.40. The fourth-order valence-corrected chi connectivity index (χ4v) is 2.11. The van der Waals surface area contributed by atoms with Crippen LogP contribution in [-0.4, -0.2) is 20.9 Å². The first-order chi connectivity index (χ1) is 8.88. The van der Waals surface area contributed by atoms with Gasteiger partial charge in [0, 0.05) is 36.3 Å². The van der Waals surface area contributed by atoms with Crippen LogP contribution in [0.1, 0.15) is 5.69 Å². The van der Waals surface area contributed by atoms with Crippen LogP contribution in [0.3, 0.4) is 0 Å². The number of nitrogens with two attached hydrogens (primary N) is 1. The average Bonchev–Trinajstić information content (AvgIpc) is 2.87. The van der Waals surface area contributed by atoms with Crippen molar-refractivity contribution < 1.29 is 0 Å². The zero-order valence-corrected chi connectivity index (χ0v) is 9.95. The van der Waals surface area contributed by atoms with Gasteiger partial charge in [0.05, 0.1) is 5.69 Å². The van der Waals surface area contributed by atoms with Gasteiger partial charge in [-0.1, -0.05) is 6.07 Å². The Kier molecular flexibility index (Phi) is 2.78. The normalized spacial score (nSPS) is 10.9. The van der Waals surface area contributed by atoms with Crippen molar-refractivity contribution in [2.75, 3.05) is 6.54 Å². The van der Waals surface area contributed by atoms with Crippen LogP contribution >= 0.6 is 0 Å². The van der Waals surface area contributed by atoms with Crippen molar-refractivity contribution in [3.05, 3.63) is 54.6 Å². The SMILES string of the molecule is NCCc1cc(-c2cccc3nccn23)ccn1. The highest BCUT2D eigenvalue weighted by Gasteiger charge is 2.04. The van der Waals surface area contributed by atoms with Gasteiger partial charge in [-0.25, -0.2) is 4.98 Å². The molecule has 0 spiro atoms. The number of hydrogen-bond donors (Lipinski definition) is 1. The predicted molar refractivity (Wildman–Crippen MR) is 71.2 cm³/mol. The molecule has 0 fully saturated rings. The highest BCUT2D eigenvalue weighted by atomic mass is 15.0. The van der Waals surface area contributed by atoms with Crippen LogP contribution in [0.5, 0.6) is 0 Å². The molecule has 2 N–H and O–H groups in total. The maximum Gasteiger partial charge on any atom is 0.137 e. The van der Waals surface area contributed by atoms with Crippen LogP contribution in [0.2, 0.25) is 0 Å². The topological polar surface area (TPSA) is 56.2 Å². The largest absolute Gasteiger partial charge is 0.330 e. The van der Waals surface area contributed by atoms with Crippen molar-refractivity contribution in [3.8, 4) is 11.3 Å². The van der Waals surface area contributed by atoms with E-state index in [2.05, 4.69) is 26.5 Å². The van der Waals surface area contributed by atoms with E-state index < -0.39 is 0 Å². The first-order valence-electron chi connectivity index (χ1n) is 5.96. The maximum atomic E-state index is 5.57. The van der Waals surface area contributed by atoms with E-state index in [9.17, 15) is 0 Å². The molecule has 90 valence electrons. The van der Waals surface area contributed by atoms with Crippen LogP contribution in [0.4, 0.5) is 0 Å². The molecule has 0 aliphatic rings. The summed E-state index contributed by atoms with van der Waals surface area (Å²) in [4.78, 5) is 8.61. The van der Waals surface area contributed by atoms with Crippen molar-refractivity contribution in [2.45, 2.75) is 6.42 Å². The fraction of sp³-hybridized carbons (Fsp3) is 0.143. The van der Waals surface area contributed by atoms with Crippen molar-refractivity contribution in [2.24, 2.45) is 5.73 Å². The Balaban J connectivity index is 2.13. The zero-order valence-electron chi connectivity index (χ0n) is 9.95. The maximum absolute atomic E-state index is 5.57. The minimum absolute atomic E-state index is 0.617. The number of nitrogens with zero attached hydrogens (tertiary/aromatic N) is 3. The molecule has 0 atom stereocenters. The van der Waals surface area contributed by atoms with Gasteiger partial charge in [-0.15, -0.1) is 0 Å². The van der Waals surface area contributed by atoms with Gasteiger partial charge >= 0.3 is 0 Å². The number of rotatable bonds is 3. The lowest BCUT2D eigenvalue weighted by Gasteiger charge is -2.07. The van der Waals surface area contributed by atoms with Crippen LogP contribution in [0.15, 0.2) is 48.9 Å². The molecule has 18 heavy (non-hydrogen) atoms. The van der Waals surface area contributed by atoms with E-state index in [1.807, 2.05) is 30.6 Å². The van der Waals surface area contributed by atoms with Gasteiger partial charge in [0.2, 0.25) is 0 Å². The molecule has 0 bridgehead atoms. The predicted octanol–water partition coefficient (Wildman–Crippen LogP) is 1.90. The molecule has 0 unspecified atom stereocenters. The van der Waals surface area contributed by atoms with Crippen molar-refractivity contribution in [3.63, 3.8) is 0 Å². The van der Waals surface area contributed by atoms with Gasteiger partial charge in [0.25, 0.3) is 0 Å². The third-order valence-electron chi connectivity index (χ3n) is 2.94. The number of hydrogen-bond acceptors (Lipinski definition) is 3. The summed E-state index contributed by atoms with van der Waals surface area (Å²) in [6.45, 7) is 0.617. The van der Waals surface area contributed by atoms with E-state index in [1.54, 1.807) is 6.20 Å². The monoisotopic (exact) mass is 238 g/mol. The summed E-state index contributed by atoms with van der Waals surface area (Å²) < 4.78 is 2.07. The molecule has 4 nitrogen and oxygen atoms in total. The lowest BCUT2D eigenvalue weighted by atomic mass is 10.1. The van der Waals surface area contributed by atoms with Crippen LogP contribution in [0.25, 0.3) is 16.9 Å². The summed E-state index contributed by atoms with van der Waals surface area (Å²) in [7, 11) is 0. The van der Waals surface area contributed by atoms with Crippen molar-refractivity contribution in [1.29, 1.82) is 0 Å². The number of pyridine rings is 2.